The highest BCUT2D eigenvalue weighted by Gasteiger charge is 2.14. The molecule has 0 aromatic heterocycles. The van der Waals surface area contributed by atoms with Crippen molar-refractivity contribution in [1.82, 2.24) is 10.6 Å². The number of benzene rings is 2. The Hall–Kier alpha value is -1.87. The van der Waals surface area contributed by atoms with Gasteiger partial charge in [-0.25, -0.2) is 0 Å². The minimum atomic E-state index is 0.0690. The lowest BCUT2D eigenvalue weighted by atomic mass is 9.99. The van der Waals surface area contributed by atoms with Crippen LogP contribution in [0.2, 0.25) is 0 Å². The lowest BCUT2D eigenvalue weighted by molar-refractivity contribution is 0.613. The third-order valence-corrected chi connectivity index (χ3v) is 3.47. The summed E-state index contributed by atoms with van der Waals surface area (Å²) in [6.07, 6.45) is 0. The van der Waals surface area contributed by atoms with Crippen LogP contribution in [0, 0.1) is 5.92 Å². The maximum atomic E-state index is 5.43. The molecule has 0 unspecified atom stereocenters. The van der Waals surface area contributed by atoms with Gasteiger partial charge in [-0.05, 0) is 29.3 Å². The summed E-state index contributed by atoms with van der Waals surface area (Å²) < 4.78 is 0. The van der Waals surface area contributed by atoms with Crippen molar-refractivity contribution in [2.45, 2.75) is 19.9 Å². The van der Waals surface area contributed by atoms with E-state index < -0.39 is 0 Å². The fourth-order valence-corrected chi connectivity index (χ4v) is 2.33. The van der Waals surface area contributed by atoms with E-state index >= 15 is 0 Å². The minimum absolute atomic E-state index is 0.0690. The lowest BCUT2D eigenvalue weighted by Crippen LogP contribution is -2.39. The summed E-state index contributed by atoms with van der Waals surface area (Å²) in [5.41, 5.74) is 2.41. The van der Waals surface area contributed by atoms with Crippen molar-refractivity contribution in [2.75, 3.05) is 6.54 Å². The van der Waals surface area contributed by atoms with Crippen molar-refractivity contribution in [1.29, 1.82) is 0 Å². The lowest BCUT2D eigenvalue weighted by Gasteiger charge is -2.22. The van der Waals surface area contributed by atoms with E-state index in [1.807, 2.05) is 12.1 Å². The first-order valence-corrected chi connectivity index (χ1v) is 7.72. The molecule has 0 atom stereocenters. The van der Waals surface area contributed by atoms with Crippen LogP contribution in [-0.4, -0.2) is 11.7 Å². The van der Waals surface area contributed by atoms with Gasteiger partial charge in [0.1, 0.15) is 0 Å². The fourth-order valence-electron chi connectivity index (χ4n) is 2.13. The van der Waals surface area contributed by atoms with E-state index in [1.165, 1.54) is 11.1 Å². The summed E-state index contributed by atoms with van der Waals surface area (Å²) in [6.45, 7) is 5.21. The van der Waals surface area contributed by atoms with E-state index in [0.717, 1.165) is 6.54 Å². The summed E-state index contributed by atoms with van der Waals surface area (Å²) in [7, 11) is 0. The van der Waals surface area contributed by atoms with E-state index in [0.29, 0.717) is 11.0 Å². The van der Waals surface area contributed by atoms with E-state index in [1.54, 1.807) is 0 Å². The zero-order valence-corrected chi connectivity index (χ0v) is 13.4. The molecule has 0 aliphatic heterocycles. The van der Waals surface area contributed by atoms with E-state index in [9.17, 15) is 0 Å². The van der Waals surface area contributed by atoms with Crippen LogP contribution < -0.4 is 10.6 Å². The zero-order chi connectivity index (χ0) is 15.1. The maximum Gasteiger partial charge on any atom is 0.167 e. The summed E-state index contributed by atoms with van der Waals surface area (Å²) >= 11 is 5.43. The SMILES string of the molecule is CC(C)CNC(=S)NC(c1ccccc1)c1ccccc1. The molecule has 3 heteroatoms. The molecular weight excluding hydrogens is 276 g/mol. The number of rotatable bonds is 5. The topological polar surface area (TPSA) is 24.1 Å². The van der Waals surface area contributed by atoms with Crippen molar-refractivity contribution in [3.8, 4) is 0 Å². The van der Waals surface area contributed by atoms with Crippen LogP contribution in [0.1, 0.15) is 31.0 Å². The highest BCUT2D eigenvalue weighted by Crippen LogP contribution is 2.21. The second-order valence-corrected chi connectivity index (χ2v) is 5.91. The molecule has 2 N–H and O–H groups in total. The smallest absolute Gasteiger partial charge is 0.167 e. The van der Waals surface area contributed by atoms with Gasteiger partial charge in [-0.15, -0.1) is 0 Å². The molecule has 0 saturated heterocycles. The minimum Gasteiger partial charge on any atom is -0.362 e. The first-order valence-electron chi connectivity index (χ1n) is 7.31. The Balaban J connectivity index is 2.16. The standard InChI is InChI=1S/C18H22N2S/c1-14(2)13-19-18(21)20-17(15-9-5-3-6-10-15)16-11-7-4-8-12-16/h3-12,14,17H,13H2,1-2H3,(H2,19,20,21). The van der Waals surface area contributed by atoms with Gasteiger partial charge in [-0.1, -0.05) is 74.5 Å². The predicted molar refractivity (Wildman–Crippen MR) is 93.3 cm³/mol. The average molecular weight is 298 g/mol. The summed E-state index contributed by atoms with van der Waals surface area (Å²) in [5.74, 6) is 0.566. The molecule has 0 amide bonds. The van der Waals surface area contributed by atoms with Gasteiger partial charge in [-0.2, -0.15) is 0 Å². The molecule has 0 aliphatic carbocycles. The Morgan fingerprint density at radius 1 is 0.905 bits per heavy atom. The summed E-state index contributed by atoms with van der Waals surface area (Å²) in [5, 5.41) is 7.39. The molecular formula is C18H22N2S. The van der Waals surface area contributed by atoms with Gasteiger partial charge in [-0.3, -0.25) is 0 Å². The second-order valence-electron chi connectivity index (χ2n) is 5.50. The van der Waals surface area contributed by atoms with Crippen LogP contribution in [0.15, 0.2) is 60.7 Å². The summed E-state index contributed by atoms with van der Waals surface area (Å²) in [4.78, 5) is 0. The molecule has 0 heterocycles. The second kappa shape index (κ2) is 7.79. The van der Waals surface area contributed by atoms with E-state index in [-0.39, 0.29) is 6.04 Å². The molecule has 2 rings (SSSR count). The molecule has 110 valence electrons. The first-order chi connectivity index (χ1) is 10.2. The Morgan fingerprint density at radius 2 is 1.38 bits per heavy atom. The molecule has 2 aromatic carbocycles. The predicted octanol–water partition coefficient (Wildman–Crippen LogP) is 3.90. The van der Waals surface area contributed by atoms with Crippen LogP contribution in [0.5, 0.6) is 0 Å². The van der Waals surface area contributed by atoms with Gasteiger partial charge in [0.2, 0.25) is 0 Å². The summed E-state index contributed by atoms with van der Waals surface area (Å²) in [6, 6.07) is 20.8. The largest absolute Gasteiger partial charge is 0.362 e. The van der Waals surface area contributed by atoms with E-state index in [2.05, 4.69) is 73.0 Å². The molecule has 0 spiro atoms. The molecule has 2 nitrogen and oxygen atoms in total. The number of nitrogens with one attached hydrogen (secondary N) is 2. The van der Waals surface area contributed by atoms with Gasteiger partial charge < -0.3 is 10.6 Å². The monoisotopic (exact) mass is 298 g/mol. The quantitative estimate of drug-likeness (QED) is 0.819. The van der Waals surface area contributed by atoms with Crippen LogP contribution in [0.4, 0.5) is 0 Å². The molecule has 0 aliphatic rings. The number of thiocarbonyl (C=S) groups is 1. The van der Waals surface area contributed by atoms with Gasteiger partial charge >= 0.3 is 0 Å². The third kappa shape index (κ3) is 4.87. The number of hydrogen-bond donors (Lipinski definition) is 2. The third-order valence-electron chi connectivity index (χ3n) is 3.21. The van der Waals surface area contributed by atoms with E-state index in [4.69, 9.17) is 12.2 Å². The van der Waals surface area contributed by atoms with Crippen molar-refractivity contribution in [2.24, 2.45) is 5.92 Å². The van der Waals surface area contributed by atoms with Crippen molar-refractivity contribution in [3.63, 3.8) is 0 Å². The van der Waals surface area contributed by atoms with Crippen LogP contribution in [0.3, 0.4) is 0 Å². The molecule has 0 bridgehead atoms. The Bertz CT molecular complexity index is 512. The average Bonchev–Trinajstić information content (AvgIpc) is 2.52. The Labute approximate surface area is 132 Å². The maximum absolute atomic E-state index is 5.43. The first kappa shape index (κ1) is 15.5. The van der Waals surface area contributed by atoms with Crippen molar-refractivity contribution >= 4 is 17.3 Å². The molecule has 0 fully saturated rings. The van der Waals surface area contributed by atoms with Crippen LogP contribution >= 0.6 is 12.2 Å². The van der Waals surface area contributed by atoms with Gasteiger partial charge in [0, 0.05) is 6.54 Å². The highest BCUT2D eigenvalue weighted by atomic mass is 32.1. The van der Waals surface area contributed by atoms with Gasteiger partial charge in [0.15, 0.2) is 5.11 Å². The van der Waals surface area contributed by atoms with Crippen molar-refractivity contribution < 1.29 is 0 Å². The Morgan fingerprint density at radius 3 is 1.81 bits per heavy atom. The number of hydrogen-bond acceptors (Lipinski definition) is 1. The van der Waals surface area contributed by atoms with Gasteiger partial charge in [0.25, 0.3) is 0 Å². The molecule has 0 saturated carbocycles. The zero-order valence-electron chi connectivity index (χ0n) is 12.5. The normalized spacial score (nSPS) is 10.7. The van der Waals surface area contributed by atoms with Crippen LogP contribution in [-0.2, 0) is 0 Å². The fraction of sp³-hybridized carbons (Fsp3) is 0.278. The van der Waals surface area contributed by atoms with Crippen molar-refractivity contribution in [3.05, 3.63) is 71.8 Å². The highest BCUT2D eigenvalue weighted by molar-refractivity contribution is 7.80. The Kier molecular flexibility index (Phi) is 5.76. The molecule has 21 heavy (non-hydrogen) atoms. The molecule has 0 radical (unpaired) electrons. The van der Waals surface area contributed by atoms with Gasteiger partial charge in [0.05, 0.1) is 6.04 Å². The molecule has 2 aromatic rings. The van der Waals surface area contributed by atoms with Crippen LogP contribution in [0.25, 0.3) is 0 Å².